The Morgan fingerprint density at radius 3 is 3.00 bits per heavy atom. The van der Waals surface area contributed by atoms with Crippen molar-refractivity contribution in [2.24, 2.45) is 0 Å². The van der Waals surface area contributed by atoms with Gasteiger partial charge in [-0.25, -0.2) is 4.39 Å². The first-order valence-corrected chi connectivity index (χ1v) is 4.34. The zero-order valence-corrected chi connectivity index (χ0v) is 7.77. The Bertz CT molecular complexity index is 381. The molecule has 0 aliphatic carbocycles. The van der Waals surface area contributed by atoms with E-state index in [1.165, 1.54) is 16.7 Å². The van der Waals surface area contributed by atoms with Crippen LogP contribution in [0.4, 0.5) is 4.39 Å². The number of rotatable bonds is 4. The molecule has 0 aliphatic rings. The molecule has 14 heavy (non-hydrogen) atoms. The van der Waals surface area contributed by atoms with Crippen LogP contribution in [0.5, 0.6) is 0 Å². The van der Waals surface area contributed by atoms with E-state index >= 15 is 0 Å². The van der Waals surface area contributed by atoms with Crippen molar-refractivity contribution in [3.63, 3.8) is 0 Å². The smallest absolute Gasteiger partial charge is 0.254 e. The molecule has 1 heterocycles. The third-order valence-corrected chi connectivity index (χ3v) is 1.73. The molecular weight excluding hydrogens is 181 g/mol. The zero-order chi connectivity index (χ0) is 10.4. The maximum Gasteiger partial charge on any atom is 0.254 e. The third-order valence-electron chi connectivity index (χ3n) is 1.73. The number of hydrogen-bond acceptors (Lipinski definition) is 1. The Hall–Kier alpha value is -1.64. The summed E-state index contributed by atoms with van der Waals surface area (Å²) in [5.74, 6) is 0. The summed E-state index contributed by atoms with van der Waals surface area (Å²) in [6.07, 6.45) is 5.21. The minimum absolute atomic E-state index is 0.127. The van der Waals surface area contributed by atoms with E-state index in [1.54, 1.807) is 30.6 Å². The Morgan fingerprint density at radius 1 is 1.57 bits per heavy atom. The maximum atomic E-state index is 12.7. The molecule has 1 aromatic heterocycles. The van der Waals surface area contributed by atoms with E-state index in [-0.39, 0.29) is 12.0 Å². The van der Waals surface area contributed by atoms with Crippen LogP contribution in [0.25, 0.3) is 6.20 Å². The predicted molar refractivity (Wildman–Crippen MR) is 55.7 cm³/mol. The quantitative estimate of drug-likeness (QED) is 0.672. The summed E-state index contributed by atoms with van der Waals surface area (Å²) < 4.78 is 14.1. The molecule has 74 valence electrons. The van der Waals surface area contributed by atoms with Gasteiger partial charge in [-0.1, -0.05) is 18.2 Å². The van der Waals surface area contributed by atoms with Gasteiger partial charge < -0.3 is 0 Å². The summed E-state index contributed by atoms with van der Waals surface area (Å²) in [4.78, 5) is 11.2. The van der Waals surface area contributed by atoms with Gasteiger partial charge in [0, 0.05) is 24.9 Å². The Balaban J connectivity index is 2.65. The average Bonchev–Trinajstić information content (AvgIpc) is 2.20. The van der Waals surface area contributed by atoms with Crippen molar-refractivity contribution in [1.82, 2.24) is 4.57 Å². The molecule has 0 fully saturated rings. The first kappa shape index (κ1) is 10.4. The van der Waals surface area contributed by atoms with E-state index in [9.17, 15) is 9.18 Å². The fraction of sp³-hybridized carbons (Fsp3) is 0.182. The van der Waals surface area contributed by atoms with Crippen LogP contribution in [0, 0.1) is 0 Å². The van der Waals surface area contributed by atoms with Crippen LogP contribution < -0.4 is 5.56 Å². The summed E-state index contributed by atoms with van der Waals surface area (Å²) in [5, 5.41) is 0. The van der Waals surface area contributed by atoms with E-state index in [4.69, 9.17) is 0 Å². The zero-order valence-electron chi connectivity index (χ0n) is 7.77. The molecule has 0 N–H and O–H groups in total. The van der Waals surface area contributed by atoms with Crippen molar-refractivity contribution in [2.45, 2.75) is 12.6 Å². The van der Waals surface area contributed by atoms with Gasteiger partial charge in [0.05, 0.1) is 0 Å². The number of alkyl halides is 1. The molecule has 3 heteroatoms. The molecule has 1 atom stereocenters. The Morgan fingerprint density at radius 2 is 2.36 bits per heavy atom. The number of nitrogens with zero attached hydrogens (tertiary/aromatic N) is 1. The molecule has 0 aliphatic heterocycles. The monoisotopic (exact) mass is 193 g/mol. The van der Waals surface area contributed by atoms with E-state index in [1.807, 2.05) is 0 Å². The van der Waals surface area contributed by atoms with E-state index in [2.05, 4.69) is 6.58 Å². The number of allylic oxidation sites excluding steroid dienone is 2. The van der Waals surface area contributed by atoms with E-state index < -0.39 is 6.17 Å². The van der Waals surface area contributed by atoms with Crippen molar-refractivity contribution >= 4 is 6.20 Å². The number of halogens is 1. The lowest BCUT2D eigenvalue weighted by molar-refractivity contribution is 0.404. The van der Waals surface area contributed by atoms with Gasteiger partial charge in [-0.15, -0.1) is 6.58 Å². The number of hydrogen-bond donors (Lipinski definition) is 0. The van der Waals surface area contributed by atoms with Crippen LogP contribution in [0.2, 0.25) is 0 Å². The van der Waals surface area contributed by atoms with Gasteiger partial charge in [-0.3, -0.25) is 9.36 Å². The first-order valence-electron chi connectivity index (χ1n) is 4.34. The summed E-state index contributed by atoms with van der Waals surface area (Å²) in [5.41, 5.74) is -0.127. The Kier molecular flexibility index (Phi) is 3.85. The fourth-order valence-electron chi connectivity index (χ4n) is 0.964. The summed E-state index contributed by atoms with van der Waals surface area (Å²) >= 11 is 0. The second-order valence-corrected chi connectivity index (χ2v) is 2.82. The third kappa shape index (κ3) is 3.01. The molecule has 0 amide bonds. The summed E-state index contributed by atoms with van der Waals surface area (Å²) in [6.45, 7) is 3.33. The normalized spacial score (nSPS) is 12.9. The van der Waals surface area contributed by atoms with Crippen molar-refractivity contribution in [3.05, 3.63) is 53.5 Å². The molecule has 0 aromatic carbocycles. The lowest BCUT2D eigenvalue weighted by atomic mass is 10.3. The maximum absolute atomic E-state index is 12.7. The molecule has 0 saturated heterocycles. The number of pyridine rings is 1. The molecule has 2 nitrogen and oxygen atoms in total. The lowest BCUT2D eigenvalue weighted by Crippen LogP contribution is -2.11. The average molecular weight is 193 g/mol. The van der Waals surface area contributed by atoms with Gasteiger partial charge in [-0.2, -0.15) is 0 Å². The van der Waals surface area contributed by atoms with Gasteiger partial charge in [0.15, 0.2) is 0 Å². The van der Waals surface area contributed by atoms with Gasteiger partial charge >= 0.3 is 0 Å². The van der Waals surface area contributed by atoms with Crippen LogP contribution in [-0.4, -0.2) is 10.7 Å². The molecule has 1 unspecified atom stereocenters. The van der Waals surface area contributed by atoms with Gasteiger partial charge in [0.1, 0.15) is 6.17 Å². The molecule has 1 rings (SSSR count). The summed E-state index contributed by atoms with van der Waals surface area (Å²) in [7, 11) is 0. The van der Waals surface area contributed by atoms with Crippen LogP contribution >= 0.6 is 0 Å². The fourth-order valence-corrected chi connectivity index (χ4v) is 0.964. The van der Waals surface area contributed by atoms with Crippen LogP contribution in [0.15, 0.2) is 47.9 Å². The minimum Gasteiger partial charge on any atom is -0.291 e. The highest BCUT2D eigenvalue weighted by Crippen LogP contribution is 1.99. The van der Waals surface area contributed by atoms with Gasteiger partial charge in [-0.05, 0) is 6.07 Å². The van der Waals surface area contributed by atoms with Crippen molar-refractivity contribution in [2.75, 3.05) is 0 Å². The van der Waals surface area contributed by atoms with Crippen molar-refractivity contribution < 1.29 is 4.39 Å². The largest absolute Gasteiger partial charge is 0.291 e. The molecule has 0 spiro atoms. The molecule has 0 bridgehead atoms. The molecule has 0 saturated carbocycles. The predicted octanol–water partition coefficient (Wildman–Crippen LogP) is 2.23. The highest BCUT2D eigenvalue weighted by atomic mass is 19.1. The van der Waals surface area contributed by atoms with Crippen LogP contribution in [-0.2, 0) is 0 Å². The van der Waals surface area contributed by atoms with Crippen molar-refractivity contribution in [1.29, 1.82) is 0 Å². The standard InChI is InChI=1S/C11H12FNO/c1-2-10(12)6-5-9-13-8-4-3-7-11(13)14/h2-5,7-10H,1,6H2/b9-5+. The molecule has 1 aromatic rings. The molecular formula is C11H12FNO. The second-order valence-electron chi connectivity index (χ2n) is 2.82. The first-order chi connectivity index (χ1) is 6.74. The van der Waals surface area contributed by atoms with Crippen LogP contribution in [0.1, 0.15) is 6.42 Å². The second kappa shape index (κ2) is 5.17. The summed E-state index contributed by atoms with van der Waals surface area (Å²) in [6, 6.07) is 4.85. The lowest BCUT2D eigenvalue weighted by Gasteiger charge is -1.97. The minimum atomic E-state index is -1.05. The molecule has 0 radical (unpaired) electrons. The van der Waals surface area contributed by atoms with E-state index in [0.717, 1.165) is 0 Å². The van der Waals surface area contributed by atoms with Gasteiger partial charge in [0.25, 0.3) is 5.56 Å². The van der Waals surface area contributed by atoms with Crippen LogP contribution in [0.3, 0.4) is 0 Å². The Labute approximate surface area is 82.0 Å². The topological polar surface area (TPSA) is 22.0 Å². The highest BCUT2D eigenvalue weighted by Gasteiger charge is 1.95. The SMILES string of the molecule is C=CC(F)C/C=C/n1ccccc1=O. The van der Waals surface area contributed by atoms with Gasteiger partial charge in [0.2, 0.25) is 0 Å². The van der Waals surface area contributed by atoms with Crippen molar-refractivity contribution in [3.8, 4) is 0 Å². The highest BCUT2D eigenvalue weighted by molar-refractivity contribution is 5.23. The number of aromatic nitrogens is 1. The van der Waals surface area contributed by atoms with E-state index in [0.29, 0.717) is 0 Å².